The monoisotopic (exact) mass is 366 g/mol. The molecule has 3 rings (SSSR count). The van der Waals surface area contributed by atoms with E-state index in [4.69, 9.17) is 0 Å². The van der Waals surface area contributed by atoms with Gasteiger partial charge in [0.2, 0.25) is 5.91 Å². The first kappa shape index (κ1) is 18.7. The third-order valence-corrected chi connectivity index (χ3v) is 5.54. The van der Waals surface area contributed by atoms with Crippen molar-refractivity contribution in [1.29, 1.82) is 0 Å². The van der Waals surface area contributed by atoms with Crippen LogP contribution in [0.15, 0.2) is 65.6 Å². The van der Waals surface area contributed by atoms with Crippen LogP contribution in [-0.2, 0) is 4.79 Å². The van der Waals surface area contributed by atoms with Crippen molar-refractivity contribution in [2.75, 3.05) is 30.7 Å². The lowest BCUT2D eigenvalue weighted by molar-refractivity contribution is -0.111. The van der Waals surface area contributed by atoms with E-state index >= 15 is 0 Å². The first-order valence-corrected chi connectivity index (χ1v) is 10.3. The summed E-state index contributed by atoms with van der Waals surface area (Å²) in [4.78, 5) is 15.9. The minimum atomic E-state index is -0.0991. The quantitative estimate of drug-likeness (QED) is 0.558. The van der Waals surface area contributed by atoms with Crippen LogP contribution in [0, 0.1) is 0 Å². The molecular formula is C22H26N2OS. The molecular weight excluding hydrogens is 340 g/mol. The number of nitrogens with one attached hydrogen (secondary N) is 1. The van der Waals surface area contributed by atoms with E-state index < -0.39 is 0 Å². The van der Waals surface area contributed by atoms with E-state index in [0.29, 0.717) is 0 Å². The summed E-state index contributed by atoms with van der Waals surface area (Å²) < 4.78 is 0. The maximum absolute atomic E-state index is 12.2. The zero-order valence-electron chi connectivity index (χ0n) is 15.1. The first-order chi connectivity index (χ1) is 12.8. The molecule has 0 bridgehead atoms. The number of hydrogen-bond donors (Lipinski definition) is 1. The molecule has 136 valence electrons. The molecule has 0 saturated carbocycles. The highest BCUT2D eigenvalue weighted by atomic mass is 32.2. The fraction of sp³-hybridized carbons (Fsp3) is 0.318. The molecule has 2 aromatic carbocycles. The minimum Gasteiger partial charge on any atom is -0.321 e. The highest BCUT2D eigenvalue weighted by molar-refractivity contribution is 7.99. The SMILES string of the molecule is O=C(C=Cc1ccccc1)Nc1ccccc1SCCN1CCCCC1. The number of carbonyl (C=O) groups is 1. The number of hydrogen-bond acceptors (Lipinski definition) is 3. The second-order valence-corrected chi connectivity index (χ2v) is 7.62. The molecule has 0 unspecified atom stereocenters. The third kappa shape index (κ3) is 6.04. The lowest BCUT2D eigenvalue weighted by atomic mass is 10.1. The van der Waals surface area contributed by atoms with Crippen LogP contribution in [0.25, 0.3) is 6.08 Å². The van der Waals surface area contributed by atoms with Gasteiger partial charge in [-0.2, -0.15) is 0 Å². The summed E-state index contributed by atoms with van der Waals surface area (Å²) in [6.45, 7) is 3.56. The molecule has 0 spiro atoms. The number of piperidine rings is 1. The molecule has 1 heterocycles. The Morgan fingerprint density at radius 1 is 1.00 bits per heavy atom. The molecule has 3 nitrogen and oxygen atoms in total. The van der Waals surface area contributed by atoms with E-state index in [0.717, 1.165) is 28.4 Å². The van der Waals surface area contributed by atoms with E-state index in [1.807, 2.05) is 66.4 Å². The summed E-state index contributed by atoms with van der Waals surface area (Å²) in [7, 11) is 0. The van der Waals surface area contributed by atoms with Crippen molar-refractivity contribution in [2.24, 2.45) is 0 Å². The summed E-state index contributed by atoms with van der Waals surface area (Å²) >= 11 is 1.82. The summed E-state index contributed by atoms with van der Waals surface area (Å²) in [6, 6.07) is 17.9. The van der Waals surface area contributed by atoms with Crippen LogP contribution in [0.2, 0.25) is 0 Å². The molecule has 0 aliphatic carbocycles. The number of para-hydroxylation sites is 1. The summed E-state index contributed by atoms with van der Waals surface area (Å²) in [5.74, 6) is 0.949. The van der Waals surface area contributed by atoms with Gasteiger partial charge in [-0.25, -0.2) is 0 Å². The predicted octanol–water partition coefficient (Wildman–Crippen LogP) is 4.92. The molecule has 1 saturated heterocycles. The Morgan fingerprint density at radius 3 is 2.54 bits per heavy atom. The van der Waals surface area contributed by atoms with E-state index in [-0.39, 0.29) is 5.91 Å². The standard InChI is InChI=1S/C22H26N2OS/c25-22(14-13-19-9-3-1-4-10-19)23-20-11-5-6-12-21(20)26-18-17-24-15-7-2-8-16-24/h1,3-6,9-14H,2,7-8,15-18H2,(H,23,25). The lowest BCUT2D eigenvalue weighted by Crippen LogP contribution is -2.31. The lowest BCUT2D eigenvalue weighted by Gasteiger charge is -2.26. The highest BCUT2D eigenvalue weighted by Crippen LogP contribution is 2.27. The van der Waals surface area contributed by atoms with Gasteiger partial charge in [0, 0.05) is 23.3 Å². The van der Waals surface area contributed by atoms with Crippen LogP contribution in [0.5, 0.6) is 0 Å². The molecule has 1 N–H and O–H groups in total. The number of nitrogens with zero attached hydrogens (tertiary/aromatic N) is 1. The van der Waals surface area contributed by atoms with E-state index in [9.17, 15) is 4.79 Å². The Bertz CT molecular complexity index is 724. The maximum Gasteiger partial charge on any atom is 0.248 e. The van der Waals surface area contributed by atoms with Crippen molar-refractivity contribution in [3.63, 3.8) is 0 Å². The Balaban J connectivity index is 1.52. The third-order valence-electron chi connectivity index (χ3n) is 4.49. The van der Waals surface area contributed by atoms with Crippen molar-refractivity contribution < 1.29 is 4.79 Å². The molecule has 1 fully saturated rings. The molecule has 2 aromatic rings. The Kier molecular flexibility index (Phi) is 7.35. The van der Waals surface area contributed by atoms with E-state index in [2.05, 4.69) is 16.3 Å². The number of benzene rings is 2. The second kappa shape index (κ2) is 10.2. The number of likely N-dealkylation sites (tertiary alicyclic amines) is 1. The van der Waals surface area contributed by atoms with Crippen molar-refractivity contribution >= 4 is 29.4 Å². The van der Waals surface area contributed by atoms with Gasteiger partial charge < -0.3 is 10.2 Å². The van der Waals surface area contributed by atoms with Gasteiger partial charge >= 0.3 is 0 Å². The smallest absolute Gasteiger partial charge is 0.248 e. The van der Waals surface area contributed by atoms with Crippen LogP contribution in [-0.4, -0.2) is 36.2 Å². The zero-order chi connectivity index (χ0) is 18.0. The number of amides is 1. The number of anilines is 1. The van der Waals surface area contributed by atoms with Crippen molar-refractivity contribution in [3.8, 4) is 0 Å². The molecule has 0 radical (unpaired) electrons. The number of thioether (sulfide) groups is 1. The van der Waals surface area contributed by atoms with Crippen LogP contribution < -0.4 is 5.32 Å². The fourth-order valence-electron chi connectivity index (χ4n) is 3.07. The number of rotatable bonds is 7. The molecule has 0 aromatic heterocycles. The van der Waals surface area contributed by atoms with Gasteiger partial charge in [-0.05, 0) is 49.7 Å². The average molecular weight is 367 g/mol. The van der Waals surface area contributed by atoms with Gasteiger partial charge in [-0.3, -0.25) is 4.79 Å². The van der Waals surface area contributed by atoms with Gasteiger partial charge in [0.15, 0.2) is 0 Å². The molecule has 26 heavy (non-hydrogen) atoms. The Hall–Kier alpha value is -2.04. The Labute approximate surface area is 160 Å². The predicted molar refractivity (Wildman–Crippen MR) is 112 cm³/mol. The van der Waals surface area contributed by atoms with Crippen LogP contribution in [0.3, 0.4) is 0 Å². The van der Waals surface area contributed by atoms with Gasteiger partial charge in [0.1, 0.15) is 0 Å². The molecule has 4 heteroatoms. The van der Waals surface area contributed by atoms with E-state index in [1.54, 1.807) is 6.08 Å². The van der Waals surface area contributed by atoms with Gasteiger partial charge in [0.05, 0.1) is 5.69 Å². The molecule has 0 atom stereocenters. The van der Waals surface area contributed by atoms with Crippen molar-refractivity contribution in [2.45, 2.75) is 24.2 Å². The zero-order valence-corrected chi connectivity index (χ0v) is 15.9. The van der Waals surface area contributed by atoms with Crippen LogP contribution in [0.1, 0.15) is 24.8 Å². The molecule has 1 aliphatic heterocycles. The highest BCUT2D eigenvalue weighted by Gasteiger charge is 2.10. The van der Waals surface area contributed by atoms with Gasteiger partial charge in [0.25, 0.3) is 0 Å². The average Bonchev–Trinajstić information content (AvgIpc) is 2.69. The molecule has 1 amide bonds. The van der Waals surface area contributed by atoms with E-state index in [1.165, 1.54) is 32.4 Å². The summed E-state index contributed by atoms with van der Waals surface area (Å²) in [5, 5.41) is 3.01. The largest absolute Gasteiger partial charge is 0.321 e. The summed E-state index contributed by atoms with van der Waals surface area (Å²) in [6.07, 6.45) is 7.44. The minimum absolute atomic E-state index is 0.0991. The summed E-state index contributed by atoms with van der Waals surface area (Å²) in [5.41, 5.74) is 1.91. The molecule has 1 aliphatic rings. The second-order valence-electron chi connectivity index (χ2n) is 6.48. The Morgan fingerprint density at radius 2 is 1.73 bits per heavy atom. The van der Waals surface area contributed by atoms with Crippen LogP contribution in [0.4, 0.5) is 5.69 Å². The van der Waals surface area contributed by atoms with Crippen molar-refractivity contribution in [1.82, 2.24) is 4.90 Å². The topological polar surface area (TPSA) is 32.3 Å². The number of carbonyl (C=O) groups excluding carboxylic acids is 1. The normalized spacial score (nSPS) is 15.2. The maximum atomic E-state index is 12.2. The van der Waals surface area contributed by atoms with Gasteiger partial charge in [-0.15, -0.1) is 11.8 Å². The fourth-order valence-corrected chi connectivity index (χ4v) is 4.09. The van der Waals surface area contributed by atoms with Gasteiger partial charge in [-0.1, -0.05) is 48.9 Å². The first-order valence-electron chi connectivity index (χ1n) is 9.29. The van der Waals surface area contributed by atoms with Crippen molar-refractivity contribution in [3.05, 3.63) is 66.2 Å². The van der Waals surface area contributed by atoms with Crippen LogP contribution >= 0.6 is 11.8 Å².